The van der Waals surface area contributed by atoms with Crippen LogP contribution in [0.1, 0.15) is 19.3 Å². The Labute approximate surface area is 90.2 Å². The number of primary amides is 1. The van der Waals surface area contributed by atoms with Crippen LogP contribution in [0.5, 0.6) is 0 Å². The van der Waals surface area contributed by atoms with Crippen molar-refractivity contribution in [1.82, 2.24) is 9.80 Å². The topological polar surface area (TPSA) is 66.6 Å². The number of urea groups is 1. The van der Waals surface area contributed by atoms with E-state index in [-0.39, 0.29) is 11.8 Å². The Morgan fingerprint density at radius 2 is 2.00 bits per heavy atom. The first-order valence-corrected chi connectivity index (χ1v) is 5.28. The lowest BCUT2D eigenvalue weighted by Crippen LogP contribution is -2.42. The number of hydrogen-bond donors (Lipinski definition) is 1. The van der Waals surface area contributed by atoms with Gasteiger partial charge in [-0.2, -0.15) is 0 Å². The summed E-state index contributed by atoms with van der Waals surface area (Å²) in [6, 6.07) is -0.423. The second kappa shape index (κ2) is 5.00. The highest BCUT2D eigenvalue weighted by Gasteiger charge is 2.26. The summed E-state index contributed by atoms with van der Waals surface area (Å²) >= 11 is 0. The summed E-state index contributed by atoms with van der Waals surface area (Å²) in [5, 5.41) is 0. The van der Waals surface area contributed by atoms with Crippen molar-refractivity contribution >= 4 is 11.9 Å². The summed E-state index contributed by atoms with van der Waals surface area (Å²) in [6.07, 6.45) is 2.76. The number of amides is 3. The molecule has 2 N–H and O–H groups in total. The average molecular weight is 213 g/mol. The molecule has 0 aromatic heterocycles. The highest BCUT2D eigenvalue weighted by molar-refractivity contribution is 5.79. The summed E-state index contributed by atoms with van der Waals surface area (Å²) in [6.45, 7) is 1.14. The van der Waals surface area contributed by atoms with Gasteiger partial charge < -0.3 is 15.5 Å². The Morgan fingerprint density at radius 3 is 2.53 bits per heavy atom. The van der Waals surface area contributed by atoms with E-state index in [0.717, 1.165) is 19.3 Å². The number of carbonyl (C=O) groups is 2. The first kappa shape index (κ1) is 11.8. The lowest BCUT2D eigenvalue weighted by molar-refractivity contribution is -0.133. The summed E-state index contributed by atoms with van der Waals surface area (Å²) < 4.78 is 0. The van der Waals surface area contributed by atoms with Crippen LogP contribution in [-0.2, 0) is 4.79 Å². The van der Waals surface area contributed by atoms with Crippen LogP contribution in [0.25, 0.3) is 0 Å². The Kier molecular flexibility index (Phi) is 3.94. The van der Waals surface area contributed by atoms with Crippen molar-refractivity contribution in [1.29, 1.82) is 0 Å². The molecule has 0 aromatic carbocycles. The number of carbonyl (C=O) groups excluding carboxylic acids is 2. The maximum absolute atomic E-state index is 11.8. The molecule has 0 saturated carbocycles. The van der Waals surface area contributed by atoms with E-state index in [2.05, 4.69) is 0 Å². The van der Waals surface area contributed by atoms with Gasteiger partial charge in [0.25, 0.3) is 0 Å². The Hall–Kier alpha value is -1.26. The fraction of sp³-hybridized carbons (Fsp3) is 0.800. The highest BCUT2D eigenvalue weighted by Crippen LogP contribution is 2.17. The van der Waals surface area contributed by atoms with Crippen LogP contribution in [-0.4, -0.2) is 48.9 Å². The predicted molar refractivity (Wildman–Crippen MR) is 57.2 cm³/mol. The molecule has 1 unspecified atom stereocenters. The van der Waals surface area contributed by atoms with Gasteiger partial charge in [-0.15, -0.1) is 0 Å². The van der Waals surface area contributed by atoms with E-state index in [4.69, 9.17) is 5.73 Å². The largest absolute Gasteiger partial charge is 0.351 e. The zero-order chi connectivity index (χ0) is 11.4. The average Bonchev–Trinajstić information content (AvgIpc) is 2.41. The molecule has 1 rings (SSSR count). The maximum atomic E-state index is 11.8. The van der Waals surface area contributed by atoms with Gasteiger partial charge in [0, 0.05) is 27.2 Å². The van der Waals surface area contributed by atoms with E-state index in [1.165, 1.54) is 0 Å². The molecular weight excluding hydrogens is 194 g/mol. The second-order valence-electron chi connectivity index (χ2n) is 4.21. The molecule has 1 atom stereocenters. The Balaban J connectivity index is 2.64. The lowest BCUT2D eigenvalue weighted by Gasteiger charge is -2.24. The van der Waals surface area contributed by atoms with Gasteiger partial charge in [0.15, 0.2) is 0 Å². The molecule has 15 heavy (non-hydrogen) atoms. The smallest absolute Gasteiger partial charge is 0.314 e. The van der Waals surface area contributed by atoms with Gasteiger partial charge in [0.1, 0.15) is 0 Å². The monoisotopic (exact) mass is 213 g/mol. The van der Waals surface area contributed by atoms with Crippen molar-refractivity contribution in [3.63, 3.8) is 0 Å². The zero-order valence-corrected chi connectivity index (χ0v) is 9.40. The molecule has 0 aromatic rings. The van der Waals surface area contributed by atoms with E-state index >= 15 is 0 Å². The summed E-state index contributed by atoms with van der Waals surface area (Å²) in [7, 11) is 3.48. The Morgan fingerprint density at radius 1 is 1.33 bits per heavy atom. The van der Waals surface area contributed by atoms with E-state index in [1.54, 1.807) is 23.9 Å². The molecule has 0 spiro atoms. The Bertz CT molecular complexity index is 253. The second-order valence-corrected chi connectivity index (χ2v) is 4.21. The van der Waals surface area contributed by atoms with Crippen LogP contribution < -0.4 is 5.73 Å². The number of likely N-dealkylation sites (tertiary alicyclic amines) is 1. The van der Waals surface area contributed by atoms with E-state index < -0.39 is 6.03 Å². The number of hydrogen-bond acceptors (Lipinski definition) is 2. The molecular formula is C10H19N3O2. The van der Waals surface area contributed by atoms with Crippen LogP contribution in [0.15, 0.2) is 0 Å². The van der Waals surface area contributed by atoms with Crippen molar-refractivity contribution in [3.05, 3.63) is 0 Å². The molecule has 5 heteroatoms. The van der Waals surface area contributed by atoms with Gasteiger partial charge in [-0.1, -0.05) is 6.42 Å². The highest BCUT2D eigenvalue weighted by atomic mass is 16.2. The molecule has 1 aliphatic heterocycles. The minimum absolute atomic E-state index is 0.0863. The third kappa shape index (κ3) is 3.11. The van der Waals surface area contributed by atoms with Crippen LogP contribution in [0.3, 0.4) is 0 Å². The van der Waals surface area contributed by atoms with Crippen molar-refractivity contribution < 1.29 is 9.59 Å². The third-order valence-electron chi connectivity index (χ3n) is 2.77. The molecule has 86 valence electrons. The minimum atomic E-state index is -0.423. The number of nitrogens with zero attached hydrogens (tertiary/aromatic N) is 2. The molecule has 3 amide bonds. The fourth-order valence-electron chi connectivity index (χ4n) is 1.91. The normalized spacial score (nSPS) is 22.0. The van der Waals surface area contributed by atoms with E-state index in [0.29, 0.717) is 13.1 Å². The first-order chi connectivity index (χ1) is 7.02. The lowest BCUT2D eigenvalue weighted by atomic mass is 10.0. The molecule has 5 nitrogen and oxygen atoms in total. The van der Waals surface area contributed by atoms with Gasteiger partial charge in [0.2, 0.25) is 5.91 Å². The minimum Gasteiger partial charge on any atom is -0.351 e. The zero-order valence-electron chi connectivity index (χ0n) is 9.40. The SMILES string of the molecule is CN(C)C(=O)C1CCCCN(C(N)=O)C1. The van der Waals surface area contributed by atoms with Crippen LogP contribution in [0.2, 0.25) is 0 Å². The van der Waals surface area contributed by atoms with Crippen LogP contribution in [0.4, 0.5) is 4.79 Å². The molecule has 1 fully saturated rings. The number of nitrogens with two attached hydrogens (primary N) is 1. The molecule has 1 saturated heterocycles. The van der Waals surface area contributed by atoms with Gasteiger partial charge in [-0.25, -0.2) is 4.79 Å². The van der Waals surface area contributed by atoms with E-state index in [1.807, 2.05) is 0 Å². The first-order valence-electron chi connectivity index (χ1n) is 5.28. The third-order valence-corrected chi connectivity index (χ3v) is 2.77. The van der Waals surface area contributed by atoms with Crippen LogP contribution >= 0.6 is 0 Å². The summed E-state index contributed by atoms with van der Waals surface area (Å²) in [5.41, 5.74) is 5.24. The molecule has 1 heterocycles. The van der Waals surface area contributed by atoms with Crippen molar-refractivity contribution in [2.45, 2.75) is 19.3 Å². The molecule has 0 bridgehead atoms. The van der Waals surface area contributed by atoms with E-state index in [9.17, 15) is 9.59 Å². The summed E-state index contributed by atoms with van der Waals surface area (Å²) in [5.74, 6) is -0.00171. The molecule has 1 aliphatic rings. The van der Waals surface area contributed by atoms with Gasteiger partial charge >= 0.3 is 6.03 Å². The predicted octanol–water partition coefficient (Wildman–Crippen LogP) is 0.255. The number of rotatable bonds is 1. The molecule has 0 radical (unpaired) electrons. The molecule has 0 aliphatic carbocycles. The van der Waals surface area contributed by atoms with Crippen molar-refractivity contribution in [2.24, 2.45) is 11.7 Å². The van der Waals surface area contributed by atoms with Crippen molar-refractivity contribution in [3.8, 4) is 0 Å². The fourth-order valence-corrected chi connectivity index (χ4v) is 1.91. The van der Waals surface area contributed by atoms with Crippen molar-refractivity contribution in [2.75, 3.05) is 27.2 Å². The van der Waals surface area contributed by atoms with Gasteiger partial charge in [0.05, 0.1) is 5.92 Å². The summed E-state index contributed by atoms with van der Waals surface area (Å²) in [4.78, 5) is 26.0. The standard InChI is InChI=1S/C10H19N3O2/c1-12(2)9(14)8-5-3-4-6-13(7-8)10(11)15/h8H,3-7H2,1-2H3,(H2,11,15). The van der Waals surface area contributed by atoms with Gasteiger partial charge in [-0.05, 0) is 12.8 Å². The van der Waals surface area contributed by atoms with Gasteiger partial charge in [-0.3, -0.25) is 4.79 Å². The quantitative estimate of drug-likeness (QED) is 0.678. The van der Waals surface area contributed by atoms with Crippen LogP contribution in [0, 0.1) is 5.92 Å². The maximum Gasteiger partial charge on any atom is 0.314 e.